The van der Waals surface area contributed by atoms with Crippen molar-refractivity contribution in [1.29, 1.82) is 0 Å². The Kier molecular flexibility index (Phi) is 7.38. The number of hydrogen-bond acceptors (Lipinski definition) is 6. The highest BCUT2D eigenvalue weighted by molar-refractivity contribution is 7.54. The van der Waals surface area contributed by atoms with Gasteiger partial charge in [0.05, 0.1) is 24.9 Å². The van der Waals surface area contributed by atoms with Gasteiger partial charge < -0.3 is 13.8 Å². The van der Waals surface area contributed by atoms with E-state index in [-0.39, 0.29) is 32.3 Å². The lowest BCUT2D eigenvalue weighted by Gasteiger charge is -2.25. The molecular formula is C18H26NO6P. The number of rotatable bonds is 9. The van der Waals surface area contributed by atoms with E-state index in [4.69, 9.17) is 13.8 Å². The van der Waals surface area contributed by atoms with Crippen molar-refractivity contribution in [3.05, 3.63) is 35.9 Å². The fourth-order valence-electron chi connectivity index (χ4n) is 2.92. The Morgan fingerprint density at radius 2 is 1.88 bits per heavy atom. The molecule has 1 aromatic carbocycles. The van der Waals surface area contributed by atoms with Crippen LogP contribution in [0.1, 0.15) is 32.8 Å². The molecule has 8 heteroatoms. The van der Waals surface area contributed by atoms with Crippen LogP contribution in [-0.4, -0.2) is 48.4 Å². The fourth-order valence-corrected chi connectivity index (χ4v) is 4.60. The molecule has 2 amide bonds. The van der Waals surface area contributed by atoms with Gasteiger partial charge in [-0.15, -0.1) is 0 Å². The van der Waals surface area contributed by atoms with Crippen molar-refractivity contribution in [2.75, 3.05) is 19.8 Å². The number of hydrogen-bond donors (Lipinski definition) is 0. The summed E-state index contributed by atoms with van der Waals surface area (Å²) in [5.41, 5.74) is 0.358. The lowest BCUT2D eigenvalue weighted by Crippen LogP contribution is -2.41. The number of amides is 2. The van der Waals surface area contributed by atoms with E-state index in [1.54, 1.807) is 20.8 Å². The van der Waals surface area contributed by atoms with Gasteiger partial charge >= 0.3 is 13.7 Å². The predicted molar refractivity (Wildman–Crippen MR) is 97.1 cm³/mol. The Bertz CT molecular complexity index is 655. The molecule has 2 rings (SSSR count). The van der Waals surface area contributed by atoms with E-state index in [1.807, 2.05) is 30.3 Å². The molecule has 0 spiro atoms. The number of benzene rings is 1. The second kappa shape index (κ2) is 9.31. The fraction of sp³-hybridized carbons (Fsp3) is 0.556. The van der Waals surface area contributed by atoms with Gasteiger partial charge in [0.1, 0.15) is 6.61 Å². The van der Waals surface area contributed by atoms with E-state index in [9.17, 15) is 14.2 Å². The van der Waals surface area contributed by atoms with E-state index in [0.717, 1.165) is 10.5 Å². The van der Waals surface area contributed by atoms with Gasteiger partial charge in [0.25, 0.3) is 0 Å². The van der Waals surface area contributed by atoms with E-state index < -0.39 is 25.3 Å². The summed E-state index contributed by atoms with van der Waals surface area (Å²) in [5.74, 6) is -0.430. The SMILES string of the molecule is CCOP(=O)(OCC)[C@H](C)CC(=O)N1C(=O)OC[C@H]1Cc1ccccc1. The van der Waals surface area contributed by atoms with Gasteiger partial charge in [0.15, 0.2) is 0 Å². The highest BCUT2D eigenvalue weighted by Crippen LogP contribution is 2.54. The van der Waals surface area contributed by atoms with Gasteiger partial charge in [0, 0.05) is 6.42 Å². The molecule has 26 heavy (non-hydrogen) atoms. The minimum Gasteiger partial charge on any atom is -0.447 e. The van der Waals surface area contributed by atoms with Crippen LogP contribution in [0, 0.1) is 0 Å². The summed E-state index contributed by atoms with van der Waals surface area (Å²) in [6.07, 6.45) is -0.260. The summed E-state index contributed by atoms with van der Waals surface area (Å²) < 4.78 is 28.4. The van der Waals surface area contributed by atoms with Crippen LogP contribution in [0.2, 0.25) is 0 Å². The minimum atomic E-state index is -3.41. The van der Waals surface area contributed by atoms with Crippen molar-refractivity contribution in [2.24, 2.45) is 0 Å². The Hall–Kier alpha value is -1.69. The van der Waals surface area contributed by atoms with Crippen molar-refractivity contribution in [2.45, 2.75) is 45.3 Å². The summed E-state index contributed by atoms with van der Waals surface area (Å²) in [7, 11) is -3.41. The highest BCUT2D eigenvalue weighted by atomic mass is 31.2. The highest BCUT2D eigenvalue weighted by Gasteiger charge is 2.41. The lowest BCUT2D eigenvalue weighted by molar-refractivity contribution is -0.129. The van der Waals surface area contributed by atoms with Crippen LogP contribution >= 0.6 is 7.60 Å². The third kappa shape index (κ3) is 4.93. The first-order valence-corrected chi connectivity index (χ1v) is 10.4. The van der Waals surface area contributed by atoms with Crippen molar-refractivity contribution in [3.63, 3.8) is 0 Å². The first-order valence-electron chi connectivity index (χ1n) is 8.82. The summed E-state index contributed by atoms with van der Waals surface area (Å²) in [6.45, 7) is 5.66. The topological polar surface area (TPSA) is 82.1 Å². The van der Waals surface area contributed by atoms with Gasteiger partial charge in [-0.1, -0.05) is 37.3 Å². The van der Waals surface area contributed by atoms with Crippen LogP contribution < -0.4 is 0 Å². The first kappa shape index (κ1) is 20.6. The van der Waals surface area contributed by atoms with Crippen molar-refractivity contribution < 1.29 is 27.9 Å². The quantitative estimate of drug-likeness (QED) is 0.606. The molecule has 0 bridgehead atoms. The van der Waals surface area contributed by atoms with Crippen LogP contribution in [-0.2, 0) is 29.6 Å². The van der Waals surface area contributed by atoms with Gasteiger partial charge in [-0.3, -0.25) is 9.36 Å². The molecule has 144 valence electrons. The smallest absolute Gasteiger partial charge is 0.416 e. The minimum absolute atomic E-state index is 0.113. The standard InChI is InChI=1S/C18H26NO6P/c1-4-24-26(22,25-5-2)14(3)11-17(20)19-16(13-23-18(19)21)12-15-9-7-6-8-10-15/h6-10,14,16H,4-5,11-13H2,1-3H3/t14-,16-/m1/s1. The molecule has 1 heterocycles. The molecular weight excluding hydrogens is 357 g/mol. The summed E-state index contributed by atoms with van der Waals surface area (Å²) in [6, 6.07) is 9.22. The number of cyclic esters (lactones) is 1. The Morgan fingerprint density at radius 3 is 2.46 bits per heavy atom. The van der Waals surface area contributed by atoms with Crippen LogP contribution in [0.3, 0.4) is 0 Å². The summed E-state index contributed by atoms with van der Waals surface area (Å²) in [4.78, 5) is 25.9. The Labute approximate surface area is 154 Å². The zero-order valence-electron chi connectivity index (χ0n) is 15.4. The molecule has 0 radical (unpaired) electrons. The average Bonchev–Trinajstić information content (AvgIpc) is 2.96. The number of imide groups is 1. The molecule has 0 saturated carbocycles. The monoisotopic (exact) mass is 383 g/mol. The zero-order valence-corrected chi connectivity index (χ0v) is 16.3. The summed E-state index contributed by atoms with van der Waals surface area (Å²) >= 11 is 0. The van der Waals surface area contributed by atoms with E-state index in [1.165, 1.54) is 0 Å². The molecule has 0 N–H and O–H groups in total. The van der Waals surface area contributed by atoms with Gasteiger partial charge in [-0.2, -0.15) is 0 Å². The molecule has 1 aromatic rings. The molecule has 0 unspecified atom stereocenters. The van der Waals surface area contributed by atoms with Crippen molar-refractivity contribution in [3.8, 4) is 0 Å². The first-order chi connectivity index (χ1) is 12.4. The maximum atomic E-state index is 12.8. The molecule has 2 atom stereocenters. The maximum absolute atomic E-state index is 12.8. The third-order valence-corrected chi connectivity index (χ3v) is 6.67. The molecule has 7 nitrogen and oxygen atoms in total. The molecule has 1 aliphatic heterocycles. The van der Waals surface area contributed by atoms with E-state index >= 15 is 0 Å². The number of ether oxygens (including phenoxy) is 1. The zero-order chi connectivity index (χ0) is 19.2. The predicted octanol–water partition coefficient (Wildman–Crippen LogP) is 3.62. The van der Waals surface area contributed by atoms with E-state index in [2.05, 4.69) is 0 Å². The molecule has 0 aromatic heterocycles. The normalized spacial score (nSPS) is 18.7. The number of carbonyl (C=O) groups excluding carboxylic acids is 2. The average molecular weight is 383 g/mol. The Morgan fingerprint density at radius 1 is 1.27 bits per heavy atom. The Balaban J connectivity index is 2.07. The van der Waals surface area contributed by atoms with Crippen LogP contribution in [0.4, 0.5) is 4.79 Å². The molecule has 1 aliphatic rings. The van der Waals surface area contributed by atoms with Gasteiger partial charge in [-0.05, 0) is 25.8 Å². The molecule has 0 aliphatic carbocycles. The van der Waals surface area contributed by atoms with Crippen LogP contribution in [0.5, 0.6) is 0 Å². The second-order valence-electron chi connectivity index (χ2n) is 6.11. The second-order valence-corrected chi connectivity index (χ2v) is 8.59. The van der Waals surface area contributed by atoms with Crippen LogP contribution in [0.25, 0.3) is 0 Å². The lowest BCUT2D eigenvalue weighted by atomic mass is 10.1. The van der Waals surface area contributed by atoms with Gasteiger partial charge in [0.2, 0.25) is 5.91 Å². The van der Waals surface area contributed by atoms with Crippen molar-refractivity contribution in [1.82, 2.24) is 4.90 Å². The molecule has 1 fully saturated rings. The van der Waals surface area contributed by atoms with Crippen molar-refractivity contribution >= 4 is 19.6 Å². The van der Waals surface area contributed by atoms with Crippen LogP contribution in [0.15, 0.2) is 30.3 Å². The summed E-state index contributed by atoms with van der Waals surface area (Å²) in [5, 5.41) is 0. The number of nitrogens with zero attached hydrogens (tertiary/aromatic N) is 1. The number of carbonyl (C=O) groups is 2. The van der Waals surface area contributed by atoms with Gasteiger partial charge in [-0.25, -0.2) is 9.69 Å². The largest absolute Gasteiger partial charge is 0.447 e. The molecule has 1 saturated heterocycles. The third-order valence-electron chi connectivity index (χ3n) is 4.17. The van der Waals surface area contributed by atoms with E-state index in [0.29, 0.717) is 6.42 Å². The maximum Gasteiger partial charge on any atom is 0.416 e.